The van der Waals surface area contributed by atoms with E-state index in [1.165, 1.54) is 0 Å². The van der Waals surface area contributed by atoms with Gasteiger partial charge in [-0.05, 0) is 35.7 Å². The van der Waals surface area contributed by atoms with E-state index in [1.807, 2.05) is 48.5 Å². The van der Waals surface area contributed by atoms with Crippen molar-refractivity contribution in [1.82, 2.24) is 4.98 Å². The average molecular weight is 280 g/mol. The molecule has 0 aliphatic heterocycles. The van der Waals surface area contributed by atoms with Crippen LogP contribution in [0.15, 0.2) is 54.7 Å². The Hall–Kier alpha value is -2.59. The molecule has 0 aliphatic rings. The molecule has 2 N–H and O–H groups in total. The third kappa shape index (κ3) is 2.66. The molecule has 0 saturated carbocycles. The molecule has 0 amide bonds. The van der Waals surface area contributed by atoms with Crippen LogP contribution in [0.4, 0.5) is 0 Å². The molecule has 106 valence electrons. The fourth-order valence-corrected chi connectivity index (χ4v) is 2.21. The largest absolute Gasteiger partial charge is 0.497 e. The number of nitrogens with two attached hydrogens (primary N) is 1. The number of hydrogen-bond donors (Lipinski definition) is 1. The molecule has 3 aromatic rings. The third-order valence-electron chi connectivity index (χ3n) is 3.33. The molecule has 0 fully saturated rings. The van der Waals surface area contributed by atoms with Crippen LogP contribution in [-0.2, 0) is 6.54 Å². The van der Waals surface area contributed by atoms with Gasteiger partial charge in [-0.15, -0.1) is 0 Å². The van der Waals surface area contributed by atoms with Gasteiger partial charge in [0.1, 0.15) is 11.5 Å². The summed E-state index contributed by atoms with van der Waals surface area (Å²) in [6, 6.07) is 15.4. The quantitative estimate of drug-likeness (QED) is 0.794. The minimum absolute atomic E-state index is 0.425. The number of methoxy groups -OCH3 is 1. The Bertz CT molecular complexity index is 772. The number of aromatic nitrogens is 1. The van der Waals surface area contributed by atoms with Crippen molar-refractivity contribution < 1.29 is 9.47 Å². The fourth-order valence-electron chi connectivity index (χ4n) is 2.21. The third-order valence-corrected chi connectivity index (χ3v) is 3.33. The van der Waals surface area contributed by atoms with Crippen molar-refractivity contribution in [1.29, 1.82) is 0 Å². The summed E-state index contributed by atoms with van der Waals surface area (Å²) in [7, 11) is 1.65. The Morgan fingerprint density at radius 2 is 1.95 bits per heavy atom. The van der Waals surface area contributed by atoms with Crippen LogP contribution in [0.1, 0.15) is 5.56 Å². The summed E-state index contributed by atoms with van der Waals surface area (Å²) < 4.78 is 11.2. The van der Waals surface area contributed by atoms with Gasteiger partial charge in [0.05, 0.1) is 7.11 Å². The van der Waals surface area contributed by atoms with Crippen LogP contribution in [0.3, 0.4) is 0 Å². The van der Waals surface area contributed by atoms with E-state index in [4.69, 9.17) is 15.2 Å². The van der Waals surface area contributed by atoms with Crippen LogP contribution in [-0.4, -0.2) is 12.1 Å². The van der Waals surface area contributed by atoms with Gasteiger partial charge in [0.25, 0.3) is 0 Å². The second kappa shape index (κ2) is 5.81. The highest BCUT2D eigenvalue weighted by atomic mass is 16.5. The normalized spacial score (nSPS) is 10.6. The molecule has 0 radical (unpaired) electrons. The van der Waals surface area contributed by atoms with E-state index in [0.717, 1.165) is 27.8 Å². The number of benzene rings is 2. The van der Waals surface area contributed by atoms with Gasteiger partial charge in [-0.1, -0.05) is 18.2 Å². The van der Waals surface area contributed by atoms with Crippen LogP contribution in [0.5, 0.6) is 17.4 Å². The molecule has 0 spiro atoms. The van der Waals surface area contributed by atoms with E-state index >= 15 is 0 Å². The number of rotatable bonds is 4. The Labute approximate surface area is 123 Å². The van der Waals surface area contributed by atoms with Crippen molar-refractivity contribution in [3.8, 4) is 17.4 Å². The number of para-hydroxylation sites is 1. The van der Waals surface area contributed by atoms with Gasteiger partial charge in [0.15, 0.2) is 0 Å². The molecule has 3 rings (SSSR count). The molecular weight excluding hydrogens is 264 g/mol. The highest BCUT2D eigenvalue weighted by Crippen LogP contribution is 2.31. The highest BCUT2D eigenvalue weighted by molar-refractivity contribution is 5.88. The van der Waals surface area contributed by atoms with Crippen molar-refractivity contribution in [2.24, 2.45) is 5.73 Å². The van der Waals surface area contributed by atoms with Crippen LogP contribution < -0.4 is 15.2 Å². The molecule has 1 aromatic heterocycles. The average Bonchev–Trinajstić information content (AvgIpc) is 2.55. The molecule has 0 bridgehead atoms. The molecule has 21 heavy (non-hydrogen) atoms. The van der Waals surface area contributed by atoms with Crippen molar-refractivity contribution >= 4 is 10.8 Å². The van der Waals surface area contributed by atoms with E-state index in [-0.39, 0.29) is 0 Å². The second-order valence-electron chi connectivity index (χ2n) is 4.62. The van der Waals surface area contributed by atoms with Crippen LogP contribution in [0.2, 0.25) is 0 Å². The predicted octanol–water partition coefficient (Wildman–Crippen LogP) is 3.49. The predicted molar refractivity (Wildman–Crippen MR) is 82.7 cm³/mol. The summed E-state index contributed by atoms with van der Waals surface area (Å²) >= 11 is 0. The zero-order valence-corrected chi connectivity index (χ0v) is 11.7. The van der Waals surface area contributed by atoms with Crippen molar-refractivity contribution in [3.05, 3.63) is 60.3 Å². The zero-order chi connectivity index (χ0) is 14.7. The summed E-state index contributed by atoms with van der Waals surface area (Å²) in [6.07, 6.45) is 1.72. The van der Waals surface area contributed by atoms with Crippen molar-refractivity contribution in [2.45, 2.75) is 6.54 Å². The lowest BCUT2D eigenvalue weighted by molar-refractivity contribution is 0.415. The SMILES string of the molecule is COc1ccc2c(Oc3ccccc3CN)nccc2c1. The van der Waals surface area contributed by atoms with Gasteiger partial charge in [-0.3, -0.25) is 0 Å². The summed E-state index contributed by atoms with van der Waals surface area (Å²) in [4.78, 5) is 4.33. The highest BCUT2D eigenvalue weighted by Gasteiger charge is 2.08. The van der Waals surface area contributed by atoms with Gasteiger partial charge >= 0.3 is 0 Å². The van der Waals surface area contributed by atoms with Crippen LogP contribution >= 0.6 is 0 Å². The number of ether oxygens (including phenoxy) is 2. The van der Waals surface area contributed by atoms with Crippen LogP contribution in [0.25, 0.3) is 10.8 Å². The maximum Gasteiger partial charge on any atom is 0.227 e. The first-order valence-electron chi connectivity index (χ1n) is 6.70. The monoisotopic (exact) mass is 280 g/mol. The lowest BCUT2D eigenvalue weighted by Gasteiger charge is -2.11. The smallest absolute Gasteiger partial charge is 0.227 e. The Morgan fingerprint density at radius 3 is 2.76 bits per heavy atom. The summed E-state index contributed by atoms with van der Waals surface area (Å²) in [6.45, 7) is 0.425. The van der Waals surface area contributed by atoms with Gasteiger partial charge in [-0.25, -0.2) is 4.98 Å². The lowest BCUT2D eigenvalue weighted by atomic mass is 10.1. The summed E-state index contributed by atoms with van der Waals surface area (Å²) in [5.74, 6) is 2.11. The minimum Gasteiger partial charge on any atom is -0.497 e. The first-order valence-corrected chi connectivity index (χ1v) is 6.70. The molecule has 0 unspecified atom stereocenters. The lowest BCUT2D eigenvalue weighted by Crippen LogP contribution is -1.99. The number of nitrogens with zero attached hydrogens (tertiary/aromatic N) is 1. The number of hydrogen-bond acceptors (Lipinski definition) is 4. The Balaban J connectivity index is 2.04. The molecule has 4 nitrogen and oxygen atoms in total. The summed E-state index contributed by atoms with van der Waals surface area (Å²) in [5.41, 5.74) is 6.69. The van der Waals surface area contributed by atoms with Crippen molar-refractivity contribution in [3.63, 3.8) is 0 Å². The standard InChI is InChI=1S/C17H16N2O2/c1-20-14-6-7-15-12(10-14)8-9-19-17(15)21-16-5-3-2-4-13(16)11-18/h2-10H,11,18H2,1H3. The van der Waals surface area contributed by atoms with Gasteiger partial charge in [0, 0.05) is 23.7 Å². The Morgan fingerprint density at radius 1 is 1.10 bits per heavy atom. The molecule has 4 heteroatoms. The van der Waals surface area contributed by atoms with E-state index in [9.17, 15) is 0 Å². The van der Waals surface area contributed by atoms with E-state index in [0.29, 0.717) is 12.4 Å². The molecule has 0 saturated heterocycles. The van der Waals surface area contributed by atoms with E-state index in [2.05, 4.69) is 4.98 Å². The maximum absolute atomic E-state index is 5.96. The Kier molecular flexibility index (Phi) is 3.71. The van der Waals surface area contributed by atoms with E-state index < -0.39 is 0 Å². The zero-order valence-electron chi connectivity index (χ0n) is 11.7. The first-order chi connectivity index (χ1) is 10.3. The van der Waals surface area contributed by atoms with Gasteiger partial charge in [0.2, 0.25) is 5.88 Å². The van der Waals surface area contributed by atoms with Crippen LogP contribution in [0, 0.1) is 0 Å². The summed E-state index contributed by atoms with van der Waals surface area (Å²) in [5, 5.41) is 1.95. The fraction of sp³-hybridized carbons (Fsp3) is 0.118. The topological polar surface area (TPSA) is 57.4 Å². The van der Waals surface area contributed by atoms with Gasteiger partial charge in [-0.2, -0.15) is 0 Å². The maximum atomic E-state index is 5.96. The molecule has 0 aliphatic carbocycles. The minimum atomic E-state index is 0.425. The van der Waals surface area contributed by atoms with Crippen molar-refractivity contribution in [2.75, 3.05) is 7.11 Å². The molecule has 2 aromatic carbocycles. The molecular formula is C17H16N2O2. The van der Waals surface area contributed by atoms with Gasteiger partial charge < -0.3 is 15.2 Å². The molecule has 1 heterocycles. The number of pyridine rings is 1. The molecule has 0 atom stereocenters. The first kappa shape index (κ1) is 13.4. The number of fused-ring (bicyclic) bond motifs is 1. The second-order valence-corrected chi connectivity index (χ2v) is 4.62. The van der Waals surface area contributed by atoms with E-state index in [1.54, 1.807) is 13.3 Å².